The molecule has 7 nitrogen and oxygen atoms in total. The minimum Gasteiger partial charge on any atom is -0.455 e. The molecule has 0 saturated heterocycles. The van der Waals surface area contributed by atoms with Crippen molar-refractivity contribution in [3.8, 4) is 11.5 Å². The van der Waals surface area contributed by atoms with Gasteiger partial charge in [0, 0.05) is 36.2 Å². The van der Waals surface area contributed by atoms with Crippen LogP contribution in [0.2, 0.25) is 10.0 Å². The lowest BCUT2D eigenvalue weighted by Crippen LogP contribution is -2.47. The average molecular weight is 570 g/mol. The molecule has 0 aromatic heterocycles. The highest BCUT2D eigenvalue weighted by atomic mass is 35.5. The fourth-order valence-corrected chi connectivity index (χ4v) is 4.91. The normalized spacial score (nSPS) is 12.8. The molecule has 1 aliphatic rings. The Hall–Kier alpha value is -3.26. The van der Waals surface area contributed by atoms with Crippen LogP contribution in [0.25, 0.3) is 0 Å². The van der Waals surface area contributed by atoms with E-state index in [1.54, 1.807) is 52.3 Å². The monoisotopic (exact) mass is 568 g/mol. The van der Waals surface area contributed by atoms with Gasteiger partial charge in [0.1, 0.15) is 5.75 Å². The molecule has 4 rings (SSSR count). The van der Waals surface area contributed by atoms with Crippen LogP contribution in [-0.4, -0.2) is 75.0 Å². The fraction of sp³-hybridized carbons (Fsp3) is 0.333. The van der Waals surface area contributed by atoms with Crippen LogP contribution in [0.1, 0.15) is 11.1 Å². The quantitative estimate of drug-likeness (QED) is 0.356. The van der Waals surface area contributed by atoms with Crippen LogP contribution in [0.5, 0.6) is 11.5 Å². The van der Waals surface area contributed by atoms with Crippen molar-refractivity contribution in [2.45, 2.75) is 18.9 Å². The Morgan fingerprint density at radius 3 is 2.18 bits per heavy atom. The van der Waals surface area contributed by atoms with Crippen molar-refractivity contribution in [2.75, 3.05) is 52.2 Å². The molecular weight excluding hydrogens is 535 g/mol. The van der Waals surface area contributed by atoms with Crippen molar-refractivity contribution in [3.63, 3.8) is 0 Å². The molecule has 0 bridgehead atoms. The highest BCUT2D eigenvalue weighted by Crippen LogP contribution is 2.35. The molecule has 1 N–H and O–H groups in total. The molecule has 0 unspecified atom stereocenters. The van der Waals surface area contributed by atoms with Crippen LogP contribution in [0.3, 0.4) is 0 Å². The van der Waals surface area contributed by atoms with Gasteiger partial charge in [-0.25, -0.2) is 0 Å². The number of rotatable bonds is 11. The van der Waals surface area contributed by atoms with Crippen molar-refractivity contribution in [1.82, 2.24) is 15.1 Å². The van der Waals surface area contributed by atoms with Gasteiger partial charge in [0.05, 0.1) is 18.8 Å². The van der Waals surface area contributed by atoms with Gasteiger partial charge < -0.3 is 24.8 Å². The summed E-state index contributed by atoms with van der Waals surface area (Å²) in [5.74, 6) is 0.765. The van der Waals surface area contributed by atoms with Crippen LogP contribution >= 0.6 is 23.2 Å². The highest BCUT2D eigenvalue weighted by molar-refractivity contribution is 6.31. The van der Waals surface area contributed by atoms with Crippen molar-refractivity contribution < 1.29 is 14.3 Å². The summed E-state index contributed by atoms with van der Waals surface area (Å²) in [7, 11) is 5.72. The Kier molecular flexibility index (Phi) is 9.73. The smallest absolute Gasteiger partial charge is 0.242 e. The Balaban J connectivity index is 1.56. The second-order valence-electron chi connectivity index (χ2n) is 10.0. The lowest BCUT2D eigenvalue weighted by atomic mass is 10.1. The fourth-order valence-electron chi connectivity index (χ4n) is 4.62. The summed E-state index contributed by atoms with van der Waals surface area (Å²) in [5, 5.41) is 4.00. The SMILES string of the molecule is CN(C)CCNC(=O)CN(CC(=O)N(C)C1Cc2ccccc2C1)c1cc(Cl)ccc1Oc1ccc(Cl)cc1. The molecule has 0 fully saturated rings. The zero-order valence-electron chi connectivity index (χ0n) is 22.5. The number of hydrogen-bond donors (Lipinski definition) is 1. The van der Waals surface area contributed by atoms with Crippen molar-refractivity contribution in [1.29, 1.82) is 0 Å². The molecule has 0 heterocycles. The maximum Gasteiger partial charge on any atom is 0.242 e. The van der Waals surface area contributed by atoms with Gasteiger partial charge in [-0.1, -0.05) is 47.5 Å². The van der Waals surface area contributed by atoms with E-state index in [1.807, 2.05) is 38.2 Å². The van der Waals surface area contributed by atoms with Crippen LogP contribution in [0.4, 0.5) is 5.69 Å². The third-order valence-electron chi connectivity index (χ3n) is 6.82. The van der Waals surface area contributed by atoms with Crippen LogP contribution in [0, 0.1) is 0 Å². The van der Waals surface area contributed by atoms with Gasteiger partial charge in [-0.15, -0.1) is 0 Å². The minimum absolute atomic E-state index is 0.0121. The number of hydrogen-bond acceptors (Lipinski definition) is 5. The van der Waals surface area contributed by atoms with Crippen LogP contribution in [0.15, 0.2) is 66.7 Å². The summed E-state index contributed by atoms with van der Waals surface area (Å²) in [6.07, 6.45) is 1.62. The maximum absolute atomic E-state index is 13.6. The first-order valence-electron chi connectivity index (χ1n) is 12.9. The summed E-state index contributed by atoms with van der Waals surface area (Å²) >= 11 is 12.4. The lowest BCUT2D eigenvalue weighted by Gasteiger charge is -2.30. The van der Waals surface area contributed by atoms with Crippen LogP contribution in [-0.2, 0) is 22.4 Å². The lowest BCUT2D eigenvalue weighted by molar-refractivity contribution is -0.130. The van der Waals surface area contributed by atoms with Gasteiger partial charge in [-0.05, 0) is 80.5 Å². The minimum atomic E-state index is -0.196. The van der Waals surface area contributed by atoms with Gasteiger partial charge in [-0.2, -0.15) is 0 Å². The molecule has 0 saturated carbocycles. The highest BCUT2D eigenvalue weighted by Gasteiger charge is 2.29. The molecule has 39 heavy (non-hydrogen) atoms. The second kappa shape index (κ2) is 13.2. The van der Waals surface area contributed by atoms with E-state index in [4.69, 9.17) is 27.9 Å². The third kappa shape index (κ3) is 7.88. The molecule has 206 valence electrons. The molecule has 2 amide bonds. The first kappa shape index (κ1) is 28.7. The van der Waals surface area contributed by atoms with E-state index in [-0.39, 0.29) is 30.9 Å². The van der Waals surface area contributed by atoms with Crippen molar-refractivity contribution in [2.24, 2.45) is 0 Å². The molecule has 0 spiro atoms. The number of carbonyl (C=O) groups excluding carboxylic acids is 2. The number of ether oxygens (including phenoxy) is 1. The molecule has 1 aliphatic carbocycles. The number of anilines is 1. The van der Waals surface area contributed by atoms with E-state index in [2.05, 4.69) is 17.4 Å². The van der Waals surface area contributed by atoms with E-state index in [0.29, 0.717) is 40.3 Å². The number of nitrogens with zero attached hydrogens (tertiary/aromatic N) is 3. The molecule has 3 aromatic carbocycles. The molecule has 0 radical (unpaired) electrons. The van der Waals surface area contributed by atoms with E-state index < -0.39 is 0 Å². The third-order valence-corrected chi connectivity index (χ3v) is 7.30. The molecule has 3 aromatic rings. The van der Waals surface area contributed by atoms with Gasteiger partial charge in [-0.3, -0.25) is 9.59 Å². The first-order chi connectivity index (χ1) is 18.7. The number of benzene rings is 3. The number of likely N-dealkylation sites (N-methyl/N-ethyl adjacent to an activating group) is 2. The predicted molar refractivity (Wildman–Crippen MR) is 157 cm³/mol. The first-order valence-corrected chi connectivity index (χ1v) is 13.7. The Morgan fingerprint density at radius 1 is 0.897 bits per heavy atom. The number of carbonyl (C=O) groups is 2. The number of fused-ring (bicyclic) bond motifs is 1. The van der Waals surface area contributed by atoms with Crippen molar-refractivity contribution in [3.05, 3.63) is 87.9 Å². The second-order valence-corrected chi connectivity index (χ2v) is 10.9. The predicted octanol–water partition coefficient (Wildman–Crippen LogP) is 4.90. The van der Waals surface area contributed by atoms with E-state index in [0.717, 1.165) is 12.8 Å². The molecule has 0 atom stereocenters. The molecular formula is C30H34Cl2N4O3. The topological polar surface area (TPSA) is 65.1 Å². The number of halogens is 2. The number of nitrogens with one attached hydrogen (secondary N) is 1. The van der Waals surface area contributed by atoms with Gasteiger partial charge in [0.15, 0.2) is 5.75 Å². The van der Waals surface area contributed by atoms with E-state index >= 15 is 0 Å². The summed E-state index contributed by atoms with van der Waals surface area (Å²) in [6, 6.07) is 20.5. The van der Waals surface area contributed by atoms with Gasteiger partial charge >= 0.3 is 0 Å². The van der Waals surface area contributed by atoms with E-state index in [9.17, 15) is 9.59 Å². The Morgan fingerprint density at radius 2 is 1.54 bits per heavy atom. The number of amides is 2. The zero-order chi connectivity index (χ0) is 27.9. The van der Waals surface area contributed by atoms with Crippen molar-refractivity contribution >= 4 is 40.7 Å². The summed E-state index contributed by atoms with van der Waals surface area (Å²) < 4.78 is 6.16. The van der Waals surface area contributed by atoms with Crippen LogP contribution < -0.4 is 15.0 Å². The average Bonchev–Trinajstić information content (AvgIpc) is 3.34. The van der Waals surface area contributed by atoms with Gasteiger partial charge in [0.2, 0.25) is 11.8 Å². The largest absolute Gasteiger partial charge is 0.455 e. The molecule has 0 aliphatic heterocycles. The summed E-state index contributed by atoms with van der Waals surface area (Å²) in [4.78, 5) is 32.1. The Bertz CT molecular complexity index is 1270. The summed E-state index contributed by atoms with van der Waals surface area (Å²) in [5.41, 5.74) is 3.09. The molecule has 9 heteroatoms. The van der Waals surface area contributed by atoms with Gasteiger partial charge in [0.25, 0.3) is 0 Å². The van der Waals surface area contributed by atoms with E-state index in [1.165, 1.54) is 11.1 Å². The zero-order valence-corrected chi connectivity index (χ0v) is 24.0. The Labute approximate surface area is 240 Å². The standard InChI is InChI=1S/C30H34Cl2N4O3/c1-34(2)15-14-33-29(37)19-36(20-30(38)35(3)25-16-21-6-4-5-7-22(21)17-25)27-18-24(32)10-13-28(27)39-26-11-8-23(31)9-12-26/h4-13,18,25H,14-17,19-20H2,1-3H3,(H,33,37). The maximum atomic E-state index is 13.6. The summed E-state index contributed by atoms with van der Waals surface area (Å²) in [6.45, 7) is 1.16.